The number of para-hydroxylation sites is 1. The van der Waals surface area contributed by atoms with Crippen LogP contribution in [0.15, 0.2) is 53.5 Å². The van der Waals surface area contributed by atoms with Gasteiger partial charge in [-0.05, 0) is 31.2 Å². The molecule has 5 nitrogen and oxygen atoms in total. The van der Waals surface area contributed by atoms with E-state index in [2.05, 4.69) is 15.1 Å². The first-order chi connectivity index (χ1) is 10.2. The van der Waals surface area contributed by atoms with E-state index in [1.807, 2.05) is 43.3 Å². The summed E-state index contributed by atoms with van der Waals surface area (Å²) in [6.45, 7) is 1.94. The molecule has 0 aliphatic carbocycles. The molecule has 0 unspecified atom stereocenters. The maximum Gasteiger partial charge on any atom is 0.259 e. The number of hydrogen-bond acceptors (Lipinski definition) is 3. The topological polar surface area (TPSA) is 63.0 Å². The van der Waals surface area contributed by atoms with Gasteiger partial charge in [-0.25, -0.2) is 4.52 Å². The number of aryl methyl sites for hydroxylation is 1. The van der Waals surface area contributed by atoms with Gasteiger partial charge in [0.15, 0.2) is 0 Å². The van der Waals surface area contributed by atoms with Crippen LogP contribution in [0.3, 0.4) is 0 Å². The summed E-state index contributed by atoms with van der Waals surface area (Å²) >= 11 is 0. The van der Waals surface area contributed by atoms with Crippen molar-refractivity contribution >= 4 is 16.6 Å². The number of nitrogens with zero attached hydrogens (tertiary/aromatic N) is 3. The summed E-state index contributed by atoms with van der Waals surface area (Å²) in [5.74, 6) is 0. The Labute approximate surface area is 119 Å². The van der Waals surface area contributed by atoms with E-state index in [1.165, 1.54) is 0 Å². The normalized spacial score (nSPS) is 11.3. The van der Waals surface area contributed by atoms with E-state index in [0.29, 0.717) is 11.0 Å². The summed E-state index contributed by atoms with van der Waals surface area (Å²) in [7, 11) is 0. The third kappa shape index (κ3) is 1.82. The fourth-order valence-electron chi connectivity index (χ4n) is 2.53. The van der Waals surface area contributed by atoms with E-state index in [4.69, 9.17) is 0 Å². The minimum absolute atomic E-state index is 0.101. The maximum atomic E-state index is 12.1. The maximum absolute atomic E-state index is 12.1. The second-order valence-corrected chi connectivity index (χ2v) is 4.98. The molecule has 102 valence electrons. The number of nitrogens with one attached hydrogen (secondary N) is 1. The van der Waals surface area contributed by atoms with Gasteiger partial charge in [-0.15, -0.1) is 0 Å². The van der Waals surface area contributed by atoms with Gasteiger partial charge in [0.1, 0.15) is 5.65 Å². The summed E-state index contributed by atoms with van der Waals surface area (Å²) in [6.07, 6.45) is 1.76. The molecule has 0 saturated heterocycles. The lowest BCUT2D eigenvalue weighted by molar-refractivity contribution is 0.980. The molecule has 0 fully saturated rings. The van der Waals surface area contributed by atoms with Gasteiger partial charge >= 0.3 is 0 Å². The first-order valence-corrected chi connectivity index (χ1v) is 6.66. The first-order valence-electron chi connectivity index (χ1n) is 6.66. The van der Waals surface area contributed by atoms with Crippen molar-refractivity contribution in [3.8, 4) is 11.3 Å². The molecule has 0 aliphatic heterocycles. The number of aromatic amines is 1. The van der Waals surface area contributed by atoms with Crippen LogP contribution in [0.1, 0.15) is 5.69 Å². The Morgan fingerprint density at radius 2 is 2.00 bits per heavy atom. The molecule has 4 aromatic rings. The molecule has 0 amide bonds. The van der Waals surface area contributed by atoms with Crippen LogP contribution in [0.25, 0.3) is 27.8 Å². The lowest BCUT2D eigenvalue weighted by Crippen LogP contribution is -2.09. The SMILES string of the molecule is Cc1cc(-c2cc3[nH]c(=O)c4ccccc4n3n2)ccn1. The second-order valence-electron chi connectivity index (χ2n) is 4.98. The number of benzene rings is 1. The molecule has 0 atom stereocenters. The number of pyridine rings is 1. The van der Waals surface area contributed by atoms with Gasteiger partial charge in [0.05, 0.1) is 16.6 Å². The molecule has 0 spiro atoms. The van der Waals surface area contributed by atoms with E-state index in [9.17, 15) is 4.79 Å². The molecule has 3 heterocycles. The average Bonchev–Trinajstić information content (AvgIpc) is 2.92. The minimum atomic E-state index is -0.101. The Morgan fingerprint density at radius 1 is 1.14 bits per heavy atom. The zero-order valence-corrected chi connectivity index (χ0v) is 11.4. The van der Waals surface area contributed by atoms with E-state index >= 15 is 0 Å². The van der Waals surface area contributed by atoms with Crippen molar-refractivity contribution in [2.24, 2.45) is 0 Å². The number of fused-ring (bicyclic) bond motifs is 3. The number of hydrogen-bond donors (Lipinski definition) is 1. The Hall–Kier alpha value is -2.95. The second kappa shape index (κ2) is 4.28. The fourth-order valence-corrected chi connectivity index (χ4v) is 2.53. The van der Waals surface area contributed by atoms with E-state index < -0.39 is 0 Å². The Morgan fingerprint density at radius 3 is 2.86 bits per heavy atom. The summed E-state index contributed by atoms with van der Waals surface area (Å²) in [6, 6.07) is 13.2. The molecule has 4 rings (SSSR count). The van der Waals surface area contributed by atoms with Crippen molar-refractivity contribution < 1.29 is 0 Å². The van der Waals surface area contributed by atoms with Crippen molar-refractivity contribution in [1.29, 1.82) is 0 Å². The van der Waals surface area contributed by atoms with Gasteiger partial charge in [0.25, 0.3) is 5.56 Å². The minimum Gasteiger partial charge on any atom is -0.306 e. The van der Waals surface area contributed by atoms with Crippen LogP contribution in [0.4, 0.5) is 0 Å². The third-order valence-electron chi connectivity index (χ3n) is 3.52. The highest BCUT2D eigenvalue weighted by atomic mass is 16.1. The predicted octanol–water partition coefficient (Wildman–Crippen LogP) is 2.55. The summed E-state index contributed by atoms with van der Waals surface area (Å²) in [4.78, 5) is 19.1. The molecule has 5 heteroatoms. The molecule has 1 aromatic carbocycles. The number of aromatic nitrogens is 4. The summed E-state index contributed by atoms with van der Waals surface area (Å²) in [5.41, 5.74) is 4.11. The molecule has 1 N–H and O–H groups in total. The van der Waals surface area contributed by atoms with Gasteiger partial charge in [-0.1, -0.05) is 12.1 Å². The largest absolute Gasteiger partial charge is 0.306 e. The zero-order chi connectivity index (χ0) is 14.4. The molecule has 0 aliphatic rings. The molecule has 0 saturated carbocycles. The van der Waals surface area contributed by atoms with Crippen LogP contribution in [0, 0.1) is 6.92 Å². The van der Waals surface area contributed by atoms with Gasteiger partial charge in [-0.2, -0.15) is 5.10 Å². The van der Waals surface area contributed by atoms with Crippen molar-refractivity contribution in [1.82, 2.24) is 19.6 Å². The highest BCUT2D eigenvalue weighted by molar-refractivity contribution is 5.81. The quantitative estimate of drug-likeness (QED) is 0.581. The lowest BCUT2D eigenvalue weighted by atomic mass is 10.2. The highest BCUT2D eigenvalue weighted by Crippen LogP contribution is 2.20. The van der Waals surface area contributed by atoms with E-state index in [-0.39, 0.29) is 5.56 Å². The number of H-pyrrole nitrogens is 1. The lowest BCUT2D eigenvalue weighted by Gasteiger charge is -1.99. The van der Waals surface area contributed by atoms with E-state index in [0.717, 1.165) is 22.5 Å². The van der Waals surface area contributed by atoms with Gasteiger partial charge in [0, 0.05) is 23.5 Å². The monoisotopic (exact) mass is 276 g/mol. The van der Waals surface area contributed by atoms with Crippen LogP contribution in [0.5, 0.6) is 0 Å². The van der Waals surface area contributed by atoms with Crippen molar-refractivity contribution in [2.75, 3.05) is 0 Å². The Bertz CT molecular complexity index is 1030. The smallest absolute Gasteiger partial charge is 0.259 e. The predicted molar refractivity (Wildman–Crippen MR) is 81.3 cm³/mol. The van der Waals surface area contributed by atoms with E-state index in [1.54, 1.807) is 16.8 Å². The summed E-state index contributed by atoms with van der Waals surface area (Å²) in [5, 5.41) is 5.24. The van der Waals surface area contributed by atoms with Crippen LogP contribution in [0.2, 0.25) is 0 Å². The standard InChI is InChI=1S/C16H12N4O/c1-10-8-11(6-7-17-10)13-9-15-18-16(21)12-4-2-3-5-14(12)20(15)19-13/h2-9H,1H3,(H,18,21). The molecule has 3 aromatic heterocycles. The van der Waals surface area contributed by atoms with Crippen LogP contribution < -0.4 is 5.56 Å². The zero-order valence-electron chi connectivity index (χ0n) is 11.4. The molecule has 21 heavy (non-hydrogen) atoms. The van der Waals surface area contributed by atoms with Gasteiger partial charge in [0.2, 0.25) is 0 Å². The molecule has 0 radical (unpaired) electrons. The van der Waals surface area contributed by atoms with Crippen LogP contribution in [-0.4, -0.2) is 19.6 Å². The van der Waals surface area contributed by atoms with Gasteiger partial charge in [-0.3, -0.25) is 9.78 Å². The van der Waals surface area contributed by atoms with Crippen LogP contribution in [-0.2, 0) is 0 Å². The molecular formula is C16H12N4O. The highest BCUT2D eigenvalue weighted by Gasteiger charge is 2.09. The van der Waals surface area contributed by atoms with Crippen molar-refractivity contribution in [3.05, 3.63) is 64.7 Å². The summed E-state index contributed by atoms with van der Waals surface area (Å²) < 4.78 is 1.77. The molecular weight excluding hydrogens is 264 g/mol. The van der Waals surface area contributed by atoms with Crippen molar-refractivity contribution in [3.63, 3.8) is 0 Å². The molecule has 0 bridgehead atoms. The third-order valence-corrected chi connectivity index (χ3v) is 3.52. The number of rotatable bonds is 1. The average molecular weight is 276 g/mol. The van der Waals surface area contributed by atoms with Crippen LogP contribution >= 0.6 is 0 Å². The fraction of sp³-hybridized carbons (Fsp3) is 0.0625. The first kappa shape index (κ1) is 11.8. The Balaban J connectivity index is 2.07. The Kier molecular flexibility index (Phi) is 2.41. The van der Waals surface area contributed by atoms with Gasteiger partial charge < -0.3 is 4.98 Å². The van der Waals surface area contributed by atoms with Crippen molar-refractivity contribution in [2.45, 2.75) is 6.92 Å².